The minimum absolute atomic E-state index is 0.0958. The predicted octanol–water partition coefficient (Wildman–Crippen LogP) is 2.55. The second-order valence-corrected chi connectivity index (χ2v) is 6.40. The van der Waals surface area contributed by atoms with Crippen molar-refractivity contribution in [2.24, 2.45) is 0 Å². The van der Waals surface area contributed by atoms with Gasteiger partial charge in [-0.2, -0.15) is 0 Å². The summed E-state index contributed by atoms with van der Waals surface area (Å²) >= 11 is 0. The summed E-state index contributed by atoms with van der Waals surface area (Å²) in [7, 11) is 1.34. The molecule has 140 valence electrons. The Kier molecular flexibility index (Phi) is 7.63. The minimum atomic E-state index is -0.428. The predicted molar refractivity (Wildman–Crippen MR) is 101 cm³/mol. The second kappa shape index (κ2) is 9.94. The van der Waals surface area contributed by atoms with Crippen LogP contribution in [-0.2, 0) is 22.5 Å². The molecule has 1 atom stereocenters. The van der Waals surface area contributed by atoms with Crippen molar-refractivity contribution in [1.82, 2.24) is 5.32 Å². The Hall–Kier alpha value is -2.37. The SMILES string of the molecule is COC(=O)COc1c(C)cc(CNCC(O)Cc2ccccc2)cc1C. The fourth-order valence-corrected chi connectivity index (χ4v) is 2.90. The largest absolute Gasteiger partial charge is 0.481 e. The summed E-state index contributed by atoms with van der Waals surface area (Å²) in [6, 6.07) is 14.0. The molecule has 0 aliphatic carbocycles. The van der Waals surface area contributed by atoms with Gasteiger partial charge in [-0.15, -0.1) is 0 Å². The van der Waals surface area contributed by atoms with Crippen molar-refractivity contribution in [1.29, 1.82) is 0 Å². The van der Waals surface area contributed by atoms with Crippen LogP contribution in [0.3, 0.4) is 0 Å². The molecular weight excluding hydrogens is 330 g/mol. The highest BCUT2D eigenvalue weighted by Gasteiger charge is 2.10. The van der Waals surface area contributed by atoms with Gasteiger partial charge in [-0.05, 0) is 42.5 Å². The number of benzene rings is 2. The molecule has 0 heterocycles. The molecule has 0 radical (unpaired) electrons. The van der Waals surface area contributed by atoms with Crippen molar-refractivity contribution in [3.8, 4) is 5.75 Å². The van der Waals surface area contributed by atoms with Crippen LogP contribution in [0.25, 0.3) is 0 Å². The number of ether oxygens (including phenoxy) is 2. The van der Waals surface area contributed by atoms with Crippen LogP contribution in [0.4, 0.5) is 0 Å². The lowest BCUT2D eigenvalue weighted by atomic mass is 10.1. The van der Waals surface area contributed by atoms with E-state index in [0.717, 1.165) is 22.3 Å². The lowest BCUT2D eigenvalue weighted by Crippen LogP contribution is -2.28. The number of hydrogen-bond acceptors (Lipinski definition) is 5. The van der Waals surface area contributed by atoms with Gasteiger partial charge in [0.1, 0.15) is 5.75 Å². The number of methoxy groups -OCH3 is 1. The number of aryl methyl sites for hydroxylation is 2. The number of esters is 1. The van der Waals surface area contributed by atoms with Crippen LogP contribution in [0.15, 0.2) is 42.5 Å². The van der Waals surface area contributed by atoms with Gasteiger partial charge in [0.2, 0.25) is 0 Å². The first-order valence-electron chi connectivity index (χ1n) is 8.72. The zero-order chi connectivity index (χ0) is 18.9. The summed E-state index contributed by atoms with van der Waals surface area (Å²) in [4.78, 5) is 11.2. The molecule has 0 spiro atoms. The molecule has 26 heavy (non-hydrogen) atoms. The summed E-state index contributed by atoms with van der Waals surface area (Å²) in [6.07, 6.45) is 0.203. The summed E-state index contributed by atoms with van der Waals surface area (Å²) in [5, 5.41) is 13.4. The van der Waals surface area contributed by atoms with E-state index in [4.69, 9.17) is 4.74 Å². The Morgan fingerprint density at radius 2 is 1.77 bits per heavy atom. The lowest BCUT2D eigenvalue weighted by Gasteiger charge is -2.15. The topological polar surface area (TPSA) is 67.8 Å². The molecule has 0 saturated heterocycles. The van der Waals surface area contributed by atoms with Crippen LogP contribution in [0.1, 0.15) is 22.3 Å². The number of carbonyl (C=O) groups excluding carboxylic acids is 1. The van der Waals surface area contributed by atoms with Crippen molar-refractivity contribution in [3.63, 3.8) is 0 Å². The first kappa shape index (κ1) is 19.9. The summed E-state index contributed by atoms with van der Waals surface area (Å²) < 4.78 is 10.1. The molecule has 0 aromatic heterocycles. The monoisotopic (exact) mass is 357 g/mol. The van der Waals surface area contributed by atoms with E-state index >= 15 is 0 Å². The van der Waals surface area contributed by atoms with Gasteiger partial charge in [0.25, 0.3) is 0 Å². The van der Waals surface area contributed by atoms with E-state index in [1.54, 1.807) is 0 Å². The van der Waals surface area contributed by atoms with Crippen LogP contribution in [0.5, 0.6) is 5.75 Å². The average molecular weight is 357 g/mol. The van der Waals surface area contributed by atoms with Gasteiger partial charge < -0.3 is 19.9 Å². The third kappa shape index (κ3) is 6.17. The van der Waals surface area contributed by atoms with Gasteiger partial charge in [0.15, 0.2) is 6.61 Å². The van der Waals surface area contributed by atoms with Crippen molar-refractivity contribution >= 4 is 5.97 Å². The van der Waals surface area contributed by atoms with Crippen LogP contribution >= 0.6 is 0 Å². The number of rotatable bonds is 9. The van der Waals surface area contributed by atoms with Crippen LogP contribution in [-0.4, -0.2) is 37.4 Å². The highest BCUT2D eigenvalue weighted by Crippen LogP contribution is 2.24. The van der Waals surface area contributed by atoms with Gasteiger partial charge >= 0.3 is 5.97 Å². The lowest BCUT2D eigenvalue weighted by molar-refractivity contribution is -0.142. The van der Waals surface area contributed by atoms with Gasteiger partial charge in [0.05, 0.1) is 13.2 Å². The zero-order valence-corrected chi connectivity index (χ0v) is 15.6. The maximum atomic E-state index is 11.2. The van der Waals surface area contributed by atoms with E-state index in [9.17, 15) is 9.90 Å². The highest BCUT2D eigenvalue weighted by molar-refractivity contribution is 5.71. The average Bonchev–Trinajstić information content (AvgIpc) is 2.61. The standard InChI is InChI=1S/C21H27NO4/c1-15-9-18(10-16(2)21(15)26-14-20(24)25-3)12-22-13-19(23)11-17-7-5-4-6-8-17/h4-10,19,22-23H,11-14H2,1-3H3. The molecule has 0 bridgehead atoms. The molecule has 0 aliphatic rings. The first-order valence-corrected chi connectivity index (χ1v) is 8.72. The molecule has 0 fully saturated rings. The Balaban J connectivity index is 1.85. The molecule has 0 saturated carbocycles. The maximum Gasteiger partial charge on any atom is 0.343 e. The molecule has 5 heteroatoms. The molecule has 5 nitrogen and oxygen atoms in total. The molecule has 2 N–H and O–H groups in total. The Morgan fingerprint density at radius 1 is 1.12 bits per heavy atom. The first-order chi connectivity index (χ1) is 12.5. The number of carbonyl (C=O) groups is 1. The van der Waals surface area contributed by atoms with Crippen molar-refractivity contribution < 1.29 is 19.4 Å². The summed E-state index contributed by atoms with van der Waals surface area (Å²) in [6.45, 7) is 4.99. The molecule has 2 aromatic rings. The second-order valence-electron chi connectivity index (χ2n) is 6.40. The number of nitrogens with one attached hydrogen (secondary N) is 1. The Bertz CT molecular complexity index is 692. The zero-order valence-electron chi connectivity index (χ0n) is 15.6. The van der Waals surface area contributed by atoms with Crippen LogP contribution in [0, 0.1) is 13.8 Å². The Morgan fingerprint density at radius 3 is 2.38 bits per heavy atom. The van der Waals surface area contributed by atoms with E-state index in [1.807, 2.05) is 56.3 Å². The third-order valence-electron chi connectivity index (χ3n) is 4.11. The number of aliphatic hydroxyl groups is 1. The molecule has 2 rings (SSSR count). The van der Waals surface area contributed by atoms with Gasteiger partial charge in [-0.3, -0.25) is 0 Å². The molecular formula is C21H27NO4. The summed E-state index contributed by atoms with van der Waals surface area (Å²) in [5.74, 6) is 0.310. The van der Waals surface area contributed by atoms with E-state index in [-0.39, 0.29) is 6.61 Å². The van der Waals surface area contributed by atoms with E-state index in [2.05, 4.69) is 10.1 Å². The number of aliphatic hydroxyl groups excluding tert-OH is 1. The van der Waals surface area contributed by atoms with Gasteiger partial charge in [0, 0.05) is 13.1 Å². The fraction of sp³-hybridized carbons (Fsp3) is 0.381. The molecule has 2 aromatic carbocycles. The van der Waals surface area contributed by atoms with Crippen molar-refractivity contribution in [2.75, 3.05) is 20.3 Å². The molecule has 1 unspecified atom stereocenters. The van der Waals surface area contributed by atoms with Crippen LogP contribution < -0.4 is 10.1 Å². The quantitative estimate of drug-likeness (QED) is 0.675. The van der Waals surface area contributed by atoms with E-state index < -0.39 is 12.1 Å². The minimum Gasteiger partial charge on any atom is -0.481 e. The molecule has 0 aliphatic heterocycles. The van der Waals surface area contributed by atoms with Crippen LogP contribution in [0.2, 0.25) is 0 Å². The number of hydrogen-bond donors (Lipinski definition) is 2. The Labute approximate surface area is 155 Å². The maximum absolute atomic E-state index is 11.2. The summed E-state index contributed by atoms with van der Waals surface area (Å²) in [5.41, 5.74) is 4.17. The molecule has 0 amide bonds. The van der Waals surface area contributed by atoms with Gasteiger partial charge in [-0.1, -0.05) is 42.5 Å². The third-order valence-corrected chi connectivity index (χ3v) is 4.11. The fourth-order valence-electron chi connectivity index (χ4n) is 2.90. The van der Waals surface area contributed by atoms with E-state index in [1.165, 1.54) is 7.11 Å². The normalized spacial score (nSPS) is 11.8. The van der Waals surface area contributed by atoms with Crippen molar-refractivity contribution in [3.05, 3.63) is 64.7 Å². The van der Waals surface area contributed by atoms with E-state index in [0.29, 0.717) is 25.3 Å². The smallest absolute Gasteiger partial charge is 0.343 e. The van der Waals surface area contributed by atoms with Crippen molar-refractivity contribution in [2.45, 2.75) is 32.9 Å². The van der Waals surface area contributed by atoms with Gasteiger partial charge in [-0.25, -0.2) is 4.79 Å². The highest BCUT2D eigenvalue weighted by atomic mass is 16.6.